The molecule has 0 radical (unpaired) electrons. The zero-order valence-electron chi connectivity index (χ0n) is 7.94. The summed E-state index contributed by atoms with van der Waals surface area (Å²) >= 11 is 5.98. The van der Waals surface area contributed by atoms with Gasteiger partial charge in [0, 0.05) is 11.4 Å². The van der Waals surface area contributed by atoms with E-state index in [1.165, 1.54) is 12.2 Å². The third kappa shape index (κ3) is 2.00. The molecule has 0 fully saturated rings. The Labute approximate surface area is 92.6 Å². The van der Waals surface area contributed by atoms with Crippen LogP contribution in [-0.2, 0) is 9.59 Å². The van der Waals surface area contributed by atoms with Crippen LogP contribution in [-0.4, -0.2) is 11.6 Å². The second-order valence-electron chi connectivity index (χ2n) is 3.48. The average Bonchev–Trinajstić information content (AvgIpc) is 2.23. The van der Waals surface area contributed by atoms with Gasteiger partial charge in [-0.3, -0.25) is 9.59 Å². The van der Waals surface area contributed by atoms with Crippen LogP contribution in [0.4, 0.5) is 0 Å². The first kappa shape index (κ1) is 10.1. The summed E-state index contributed by atoms with van der Waals surface area (Å²) in [7, 11) is 0. The number of hydrogen-bond acceptors (Lipinski definition) is 2. The fourth-order valence-corrected chi connectivity index (χ4v) is 1.95. The first-order valence-corrected chi connectivity index (χ1v) is 5.05. The van der Waals surface area contributed by atoms with E-state index < -0.39 is 5.92 Å². The van der Waals surface area contributed by atoms with Gasteiger partial charge in [0.2, 0.25) is 0 Å². The Morgan fingerprint density at radius 2 is 1.87 bits per heavy atom. The van der Waals surface area contributed by atoms with Crippen LogP contribution in [0.3, 0.4) is 0 Å². The highest BCUT2D eigenvalue weighted by molar-refractivity contribution is 6.31. The van der Waals surface area contributed by atoms with Gasteiger partial charge < -0.3 is 0 Å². The standard InChI is InChI=1S/C12H9ClO2/c13-11-4-2-1-3-9(11)10-7-8(14)5-6-12(10)15/h1-6,10H,7H2. The number of carbonyl (C=O) groups is 2. The van der Waals surface area contributed by atoms with E-state index in [4.69, 9.17) is 11.6 Å². The molecule has 1 aromatic carbocycles. The highest BCUT2D eigenvalue weighted by atomic mass is 35.5. The molecule has 0 saturated heterocycles. The van der Waals surface area contributed by atoms with Crippen molar-refractivity contribution in [3.63, 3.8) is 0 Å². The maximum absolute atomic E-state index is 11.6. The molecule has 15 heavy (non-hydrogen) atoms. The summed E-state index contributed by atoms with van der Waals surface area (Å²) in [4.78, 5) is 22.8. The van der Waals surface area contributed by atoms with Gasteiger partial charge in [0.15, 0.2) is 11.6 Å². The van der Waals surface area contributed by atoms with Crippen LogP contribution in [0, 0.1) is 0 Å². The van der Waals surface area contributed by atoms with Crippen molar-refractivity contribution in [3.05, 3.63) is 47.0 Å². The minimum Gasteiger partial charge on any atom is -0.295 e. The lowest BCUT2D eigenvalue weighted by atomic mass is 9.86. The van der Waals surface area contributed by atoms with Crippen molar-refractivity contribution < 1.29 is 9.59 Å². The molecule has 0 N–H and O–H groups in total. The highest BCUT2D eigenvalue weighted by Crippen LogP contribution is 2.30. The van der Waals surface area contributed by atoms with Crippen molar-refractivity contribution in [1.29, 1.82) is 0 Å². The van der Waals surface area contributed by atoms with Crippen LogP contribution in [0.5, 0.6) is 0 Å². The fourth-order valence-electron chi connectivity index (χ4n) is 1.68. The van der Waals surface area contributed by atoms with Gasteiger partial charge in [0.05, 0.1) is 5.92 Å². The third-order valence-corrected chi connectivity index (χ3v) is 2.81. The minimum atomic E-state index is -0.406. The van der Waals surface area contributed by atoms with Gasteiger partial charge in [-0.1, -0.05) is 29.8 Å². The normalized spacial score (nSPS) is 20.7. The molecular weight excluding hydrogens is 212 g/mol. The molecule has 1 aromatic rings. The molecule has 2 rings (SSSR count). The van der Waals surface area contributed by atoms with E-state index in [-0.39, 0.29) is 18.0 Å². The number of halogens is 1. The van der Waals surface area contributed by atoms with Crippen LogP contribution < -0.4 is 0 Å². The predicted octanol–water partition coefficient (Wildman–Crippen LogP) is 2.52. The first-order chi connectivity index (χ1) is 7.18. The molecule has 0 bridgehead atoms. The van der Waals surface area contributed by atoms with Gasteiger partial charge in [-0.15, -0.1) is 0 Å². The summed E-state index contributed by atoms with van der Waals surface area (Å²) in [5.74, 6) is -0.488. The van der Waals surface area contributed by atoms with Crippen LogP contribution in [0.25, 0.3) is 0 Å². The monoisotopic (exact) mass is 220 g/mol. The lowest BCUT2D eigenvalue weighted by Gasteiger charge is -2.17. The van der Waals surface area contributed by atoms with Crippen molar-refractivity contribution >= 4 is 23.2 Å². The van der Waals surface area contributed by atoms with Gasteiger partial charge in [-0.25, -0.2) is 0 Å². The molecule has 1 unspecified atom stereocenters. The Hall–Kier alpha value is -1.41. The van der Waals surface area contributed by atoms with Gasteiger partial charge in [0.25, 0.3) is 0 Å². The fraction of sp³-hybridized carbons (Fsp3) is 0.167. The van der Waals surface area contributed by atoms with Crippen LogP contribution in [0.2, 0.25) is 5.02 Å². The lowest BCUT2D eigenvalue weighted by molar-refractivity contribution is -0.122. The zero-order valence-corrected chi connectivity index (χ0v) is 8.70. The summed E-state index contributed by atoms with van der Waals surface area (Å²) < 4.78 is 0. The summed E-state index contributed by atoms with van der Waals surface area (Å²) in [5.41, 5.74) is 0.738. The van der Waals surface area contributed by atoms with E-state index in [0.717, 1.165) is 5.56 Å². The molecule has 0 saturated carbocycles. The van der Waals surface area contributed by atoms with Gasteiger partial charge in [-0.05, 0) is 23.8 Å². The first-order valence-electron chi connectivity index (χ1n) is 4.67. The molecule has 0 amide bonds. The Kier molecular flexibility index (Phi) is 2.69. The van der Waals surface area contributed by atoms with E-state index in [9.17, 15) is 9.59 Å². The number of allylic oxidation sites excluding steroid dienone is 2. The molecule has 1 aliphatic rings. The van der Waals surface area contributed by atoms with E-state index >= 15 is 0 Å². The Morgan fingerprint density at radius 3 is 2.60 bits per heavy atom. The van der Waals surface area contributed by atoms with Crippen LogP contribution in [0.1, 0.15) is 17.9 Å². The molecule has 76 valence electrons. The molecule has 3 heteroatoms. The molecule has 1 aliphatic carbocycles. The summed E-state index contributed by atoms with van der Waals surface area (Å²) in [6.45, 7) is 0. The summed E-state index contributed by atoms with van der Waals surface area (Å²) in [6.07, 6.45) is 2.88. The highest BCUT2D eigenvalue weighted by Gasteiger charge is 2.26. The molecule has 0 aromatic heterocycles. The van der Waals surface area contributed by atoms with E-state index in [2.05, 4.69) is 0 Å². The number of rotatable bonds is 1. The van der Waals surface area contributed by atoms with Crippen molar-refractivity contribution in [1.82, 2.24) is 0 Å². The molecular formula is C12H9ClO2. The average molecular weight is 221 g/mol. The zero-order chi connectivity index (χ0) is 10.8. The van der Waals surface area contributed by atoms with Crippen molar-refractivity contribution in [2.75, 3.05) is 0 Å². The predicted molar refractivity (Wildman–Crippen MR) is 58.0 cm³/mol. The quantitative estimate of drug-likeness (QED) is 0.729. The maximum Gasteiger partial charge on any atom is 0.163 e. The summed E-state index contributed by atoms with van der Waals surface area (Å²) in [5, 5.41) is 0.541. The number of benzene rings is 1. The van der Waals surface area contributed by atoms with Crippen molar-refractivity contribution in [2.24, 2.45) is 0 Å². The second kappa shape index (κ2) is 3.99. The molecule has 0 aliphatic heterocycles. The minimum absolute atomic E-state index is 0.0282. The molecule has 2 nitrogen and oxygen atoms in total. The SMILES string of the molecule is O=C1C=CC(=O)C(c2ccccc2Cl)C1. The van der Waals surface area contributed by atoms with E-state index in [1.807, 2.05) is 6.07 Å². The Balaban J connectivity index is 2.40. The van der Waals surface area contributed by atoms with Gasteiger partial charge >= 0.3 is 0 Å². The number of ketones is 2. The summed E-state index contributed by atoms with van der Waals surface area (Å²) in [6, 6.07) is 7.14. The van der Waals surface area contributed by atoms with Crippen LogP contribution in [0.15, 0.2) is 36.4 Å². The topological polar surface area (TPSA) is 34.1 Å². The number of hydrogen-bond donors (Lipinski definition) is 0. The van der Waals surface area contributed by atoms with E-state index in [0.29, 0.717) is 5.02 Å². The number of carbonyl (C=O) groups excluding carboxylic acids is 2. The van der Waals surface area contributed by atoms with Crippen molar-refractivity contribution in [2.45, 2.75) is 12.3 Å². The Bertz CT molecular complexity index is 449. The van der Waals surface area contributed by atoms with E-state index in [1.54, 1.807) is 18.2 Å². The largest absolute Gasteiger partial charge is 0.295 e. The van der Waals surface area contributed by atoms with Crippen molar-refractivity contribution in [3.8, 4) is 0 Å². The second-order valence-corrected chi connectivity index (χ2v) is 3.89. The smallest absolute Gasteiger partial charge is 0.163 e. The lowest BCUT2D eigenvalue weighted by Crippen LogP contribution is -2.18. The van der Waals surface area contributed by atoms with Gasteiger partial charge in [-0.2, -0.15) is 0 Å². The third-order valence-electron chi connectivity index (χ3n) is 2.46. The maximum atomic E-state index is 11.6. The van der Waals surface area contributed by atoms with Gasteiger partial charge in [0.1, 0.15) is 0 Å². The molecule has 0 spiro atoms. The molecule has 1 atom stereocenters. The molecule has 0 heterocycles. The van der Waals surface area contributed by atoms with Crippen LogP contribution >= 0.6 is 11.6 Å². The Morgan fingerprint density at radius 1 is 1.13 bits per heavy atom.